The second-order valence-electron chi connectivity index (χ2n) is 7.64. The number of likely N-dealkylation sites (tertiary alicyclic amines) is 1. The molecular weight excluding hydrogens is 318 g/mol. The highest BCUT2D eigenvalue weighted by Crippen LogP contribution is 2.61. The number of cyclic esters (lactones) is 2. The van der Waals surface area contributed by atoms with Crippen LogP contribution < -0.4 is 0 Å². The van der Waals surface area contributed by atoms with Crippen LogP contribution in [0.2, 0.25) is 18.1 Å². The van der Waals surface area contributed by atoms with Gasteiger partial charge in [-0.2, -0.15) is 0 Å². The lowest BCUT2D eigenvalue weighted by Crippen LogP contribution is -2.79. The fraction of sp³-hybridized carbons (Fsp3) is 0.800. The van der Waals surface area contributed by atoms with Crippen LogP contribution in [0.25, 0.3) is 0 Å². The molecule has 0 aromatic carbocycles. The molecule has 3 unspecified atom stereocenters. The summed E-state index contributed by atoms with van der Waals surface area (Å²) in [6.45, 7) is 11.2. The van der Waals surface area contributed by atoms with Crippen molar-refractivity contribution in [1.82, 2.24) is 4.90 Å². The summed E-state index contributed by atoms with van der Waals surface area (Å²) >= 11 is 0. The predicted octanol–water partition coefficient (Wildman–Crippen LogP) is 1.89. The van der Waals surface area contributed by atoms with Gasteiger partial charge in [0, 0.05) is 5.54 Å². The highest BCUT2D eigenvalue weighted by molar-refractivity contribution is 6.66. The fourth-order valence-corrected chi connectivity index (χ4v) is 6.70. The SMILES string of the molecule is C[Si](C)C1(C2(C)COC(=O)O2)C(=O)N(C(C)(C)C)C1CC(=O)O. The lowest BCUT2D eigenvalue weighted by atomic mass is 9.70. The minimum atomic E-state index is -1.35. The normalized spacial score (nSPS) is 34.2. The molecule has 8 heteroatoms. The molecule has 129 valence electrons. The molecule has 23 heavy (non-hydrogen) atoms. The summed E-state index contributed by atoms with van der Waals surface area (Å²) in [5.74, 6) is -1.12. The Kier molecular flexibility index (Phi) is 4.03. The number of nitrogens with zero attached hydrogens (tertiary/aromatic N) is 1. The summed E-state index contributed by atoms with van der Waals surface area (Å²) in [4.78, 5) is 37.7. The van der Waals surface area contributed by atoms with Gasteiger partial charge in [-0.1, -0.05) is 13.1 Å². The third-order valence-corrected chi connectivity index (χ3v) is 7.51. The molecule has 2 aliphatic heterocycles. The molecule has 2 saturated heterocycles. The summed E-state index contributed by atoms with van der Waals surface area (Å²) in [6, 6.07) is -0.518. The maximum absolute atomic E-state index is 13.2. The molecule has 1 radical (unpaired) electrons. The first kappa shape index (κ1) is 17.8. The standard InChI is InChI=1S/C15H24NO6Si/c1-13(2,3)16-9(7-10(17)18)15(11(16)19,23(5)6)14(4)8-21-12(20)22-14/h9H,7-8H2,1-6H3,(H,17,18). The number of carboxylic acids is 1. The Morgan fingerprint density at radius 2 is 1.96 bits per heavy atom. The Balaban J connectivity index is 2.55. The fourth-order valence-electron chi connectivity index (χ4n) is 4.07. The summed E-state index contributed by atoms with van der Waals surface area (Å²) in [6.07, 6.45) is -0.974. The molecular formula is C15H24NO6Si. The maximum atomic E-state index is 13.2. The van der Waals surface area contributed by atoms with Crippen LogP contribution in [0, 0.1) is 0 Å². The molecule has 0 saturated carbocycles. The van der Waals surface area contributed by atoms with Crippen LogP contribution in [0.4, 0.5) is 4.79 Å². The molecule has 0 bridgehead atoms. The van der Waals surface area contributed by atoms with Gasteiger partial charge in [-0.3, -0.25) is 9.59 Å². The minimum Gasteiger partial charge on any atom is -0.481 e. The van der Waals surface area contributed by atoms with Crippen LogP contribution in [0.1, 0.15) is 34.1 Å². The Bertz CT molecular complexity index is 557. The van der Waals surface area contributed by atoms with Gasteiger partial charge in [0.1, 0.15) is 11.6 Å². The highest BCUT2D eigenvalue weighted by Gasteiger charge is 2.75. The number of β-lactam (4-membered cyclic amide) rings is 1. The lowest BCUT2D eigenvalue weighted by molar-refractivity contribution is -0.181. The molecule has 2 fully saturated rings. The van der Waals surface area contributed by atoms with Crippen molar-refractivity contribution in [3.63, 3.8) is 0 Å². The van der Waals surface area contributed by atoms with Crippen molar-refractivity contribution in [2.45, 2.75) is 69.4 Å². The summed E-state index contributed by atoms with van der Waals surface area (Å²) in [5, 5.41) is 8.34. The van der Waals surface area contributed by atoms with E-state index in [4.69, 9.17) is 9.47 Å². The van der Waals surface area contributed by atoms with Gasteiger partial charge in [-0.15, -0.1) is 0 Å². The monoisotopic (exact) mass is 342 g/mol. The average molecular weight is 342 g/mol. The first-order valence-corrected chi connectivity index (χ1v) is 10.1. The van der Waals surface area contributed by atoms with E-state index in [0.29, 0.717) is 0 Å². The smallest absolute Gasteiger partial charge is 0.481 e. The molecule has 2 heterocycles. The third-order valence-electron chi connectivity index (χ3n) is 4.86. The van der Waals surface area contributed by atoms with Crippen molar-refractivity contribution in [1.29, 1.82) is 0 Å². The second kappa shape index (κ2) is 5.22. The number of carboxylic acid groups (broad SMARTS) is 1. The van der Waals surface area contributed by atoms with Gasteiger partial charge in [0.25, 0.3) is 0 Å². The Labute approximate surface area is 137 Å². The van der Waals surface area contributed by atoms with Gasteiger partial charge in [-0.25, -0.2) is 4.79 Å². The Morgan fingerprint density at radius 3 is 2.30 bits per heavy atom. The van der Waals surface area contributed by atoms with E-state index in [0.717, 1.165) is 0 Å². The van der Waals surface area contributed by atoms with Crippen molar-refractivity contribution in [3.8, 4) is 0 Å². The second-order valence-corrected chi connectivity index (χ2v) is 10.4. The van der Waals surface area contributed by atoms with Crippen molar-refractivity contribution in [3.05, 3.63) is 0 Å². The zero-order chi connectivity index (χ0) is 17.8. The predicted molar refractivity (Wildman–Crippen MR) is 83.7 cm³/mol. The summed E-state index contributed by atoms with van der Waals surface area (Å²) < 4.78 is 10.3. The third kappa shape index (κ3) is 2.34. The van der Waals surface area contributed by atoms with E-state index in [1.54, 1.807) is 11.8 Å². The van der Waals surface area contributed by atoms with E-state index in [-0.39, 0.29) is 18.9 Å². The van der Waals surface area contributed by atoms with Gasteiger partial charge < -0.3 is 19.5 Å². The molecule has 1 N–H and O–H groups in total. The van der Waals surface area contributed by atoms with Crippen LogP contribution in [-0.2, 0) is 19.1 Å². The number of ether oxygens (including phenoxy) is 2. The summed E-state index contributed by atoms with van der Waals surface area (Å²) in [7, 11) is -1.35. The molecule has 0 aliphatic carbocycles. The molecule has 2 aliphatic rings. The molecule has 3 atom stereocenters. The number of carbonyl (C=O) groups is 3. The molecule has 0 aromatic rings. The zero-order valence-corrected chi connectivity index (χ0v) is 15.4. The average Bonchev–Trinajstić information content (AvgIpc) is 2.66. The van der Waals surface area contributed by atoms with Crippen LogP contribution in [0.5, 0.6) is 0 Å². The molecule has 7 nitrogen and oxygen atoms in total. The van der Waals surface area contributed by atoms with Gasteiger partial charge in [0.2, 0.25) is 5.91 Å². The van der Waals surface area contributed by atoms with Gasteiger partial charge in [0.05, 0.1) is 21.3 Å². The van der Waals surface area contributed by atoms with Crippen LogP contribution in [-0.4, -0.2) is 60.6 Å². The maximum Gasteiger partial charge on any atom is 0.509 e. The number of hydrogen-bond acceptors (Lipinski definition) is 5. The Hall–Kier alpha value is -1.57. The molecule has 0 aromatic heterocycles. The van der Waals surface area contributed by atoms with E-state index >= 15 is 0 Å². The van der Waals surface area contributed by atoms with Crippen LogP contribution >= 0.6 is 0 Å². The molecule has 2 rings (SSSR count). The largest absolute Gasteiger partial charge is 0.509 e. The van der Waals surface area contributed by atoms with Gasteiger partial charge in [0.15, 0.2) is 5.60 Å². The number of aliphatic carboxylic acids is 1. The van der Waals surface area contributed by atoms with Crippen LogP contribution in [0.15, 0.2) is 0 Å². The number of rotatable bonds is 4. The van der Waals surface area contributed by atoms with Crippen LogP contribution in [0.3, 0.4) is 0 Å². The van der Waals surface area contributed by atoms with Crippen molar-refractivity contribution in [2.24, 2.45) is 0 Å². The number of carbonyl (C=O) groups excluding carboxylic acids is 2. The quantitative estimate of drug-likeness (QED) is 0.476. The Morgan fingerprint density at radius 1 is 1.39 bits per heavy atom. The van der Waals surface area contributed by atoms with Crippen molar-refractivity contribution in [2.75, 3.05) is 6.61 Å². The first-order valence-electron chi connectivity index (χ1n) is 7.60. The van der Waals surface area contributed by atoms with E-state index < -0.39 is 43.1 Å². The highest BCUT2D eigenvalue weighted by atomic mass is 28.3. The van der Waals surface area contributed by atoms with E-state index in [1.807, 2.05) is 33.9 Å². The minimum absolute atomic E-state index is 0.0263. The topological polar surface area (TPSA) is 93.1 Å². The summed E-state index contributed by atoms with van der Waals surface area (Å²) in [5.41, 5.74) is -1.63. The lowest BCUT2D eigenvalue weighted by Gasteiger charge is -2.65. The van der Waals surface area contributed by atoms with E-state index in [1.165, 1.54) is 0 Å². The molecule has 1 amide bonds. The zero-order valence-electron chi connectivity index (χ0n) is 14.4. The van der Waals surface area contributed by atoms with Gasteiger partial charge in [-0.05, 0) is 27.7 Å². The van der Waals surface area contributed by atoms with Crippen molar-refractivity contribution >= 4 is 26.8 Å². The number of hydrogen-bond donors (Lipinski definition) is 1. The molecule has 0 spiro atoms. The van der Waals surface area contributed by atoms with E-state index in [2.05, 4.69) is 0 Å². The van der Waals surface area contributed by atoms with Gasteiger partial charge >= 0.3 is 12.1 Å². The first-order chi connectivity index (χ1) is 10.4. The van der Waals surface area contributed by atoms with Crippen molar-refractivity contribution < 1.29 is 29.0 Å². The number of amides is 1. The van der Waals surface area contributed by atoms with E-state index in [9.17, 15) is 19.5 Å².